The van der Waals surface area contributed by atoms with E-state index in [1.54, 1.807) is 11.3 Å². The van der Waals surface area contributed by atoms with Crippen molar-refractivity contribution >= 4 is 11.3 Å². The minimum Gasteiger partial charge on any atom is -0.308 e. The first-order valence-corrected chi connectivity index (χ1v) is 9.25. The fourth-order valence-electron chi connectivity index (χ4n) is 2.83. The fraction of sp³-hybridized carbons (Fsp3) is 0.0952. The van der Waals surface area contributed by atoms with Crippen LogP contribution in [-0.4, -0.2) is 9.78 Å². The Kier molecular flexibility index (Phi) is 4.72. The Balaban J connectivity index is 1.62. The van der Waals surface area contributed by atoms with Crippen molar-refractivity contribution in [1.82, 2.24) is 15.1 Å². The van der Waals surface area contributed by atoms with Gasteiger partial charge in [-0.05, 0) is 34.5 Å². The highest BCUT2D eigenvalue weighted by atomic mass is 32.1. The summed E-state index contributed by atoms with van der Waals surface area (Å²) >= 11 is 1.73. The Morgan fingerprint density at radius 3 is 2.36 bits per heavy atom. The molecule has 0 amide bonds. The van der Waals surface area contributed by atoms with Gasteiger partial charge in [-0.25, -0.2) is 4.68 Å². The number of aromatic nitrogens is 2. The number of hydrogen-bond acceptors (Lipinski definition) is 3. The van der Waals surface area contributed by atoms with E-state index in [-0.39, 0.29) is 0 Å². The lowest BCUT2D eigenvalue weighted by atomic mass is 10.1. The zero-order chi connectivity index (χ0) is 16.9. The minimum absolute atomic E-state index is 0.785. The molecule has 0 saturated carbocycles. The monoisotopic (exact) mass is 345 g/mol. The average Bonchev–Trinajstić information content (AvgIpc) is 3.33. The number of nitrogens with zero attached hydrogens (tertiary/aromatic N) is 2. The molecule has 2 heterocycles. The van der Waals surface area contributed by atoms with Crippen LogP contribution in [0.5, 0.6) is 0 Å². The van der Waals surface area contributed by atoms with E-state index in [0.29, 0.717) is 0 Å². The molecule has 0 aliphatic heterocycles. The Labute approximate surface area is 151 Å². The smallest absolute Gasteiger partial charge is 0.0972 e. The fourth-order valence-corrected chi connectivity index (χ4v) is 3.49. The zero-order valence-electron chi connectivity index (χ0n) is 13.8. The topological polar surface area (TPSA) is 29.9 Å². The summed E-state index contributed by atoms with van der Waals surface area (Å²) in [7, 11) is 0. The molecule has 2 aromatic heterocycles. The first-order valence-electron chi connectivity index (χ1n) is 8.31. The molecular weight excluding hydrogens is 326 g/mol. The maximum atomic E-state index is 4.85. The molecule has 3 nitrogen and oxygen atoms in total. The highest BCUT2D eigenvalue weighted by Crippen LogP contribution is 2.23. The minimum atomic E-state index is 0.785. The van der Waals surface area contributed by atoms with Crippen molar-refractivity contribution in [2.45, 2.75) is 13.1 Å². The van der Waals surface area contributed by atoms with Gasteiger partial charge in [0, 0.05) is 30.4 Å². The summed E-state index contributed by atoms with van der Waals surface area (Å²) in [6, 6.07) is 22.8. The maximum Gasteiger partial charge on any atom is 0.0972 e. The second-order valence-corrected chi connectivity index (χ2v) is 6.66. The predicted octanol–water partition coefficient (Wildman–Crippen LogP) is 4.89. The van der Waals surface area contributed by atoms with Crippen LogP contribution in [0.4, 0.5) is 0 Å². The number of thiophene rings is 1. The molecule has 0 bridgehead atoms. The van der Waals surface area contributed by atoms with E-state index >= 15 is 0 Å². The van der Waals surface area contributed by atoms with Gasteiger partial charge in [0.1, 0.15) is 0 Å². The van der Waals surface area contributed by atoms with Gasteiger partial charge in [0.2, 0.25) is 0 Å². The van der Waals surface area contributed by atoms with Gasteiger partial charge >= 0.3 is 0 Å². The Morgan fingerprint density at radius 1 is 0.880 bits per heavy atom. The van der Waals surface area contributed by atoms with Crippen molar-refractivity contribution in [3.8, 4) is 16.9 Å². The van der Waals surface area contributed by atoms with Gasteiger partial charge in [0.05, 0.1) is 11.4 Å². The summed E-state index contributed by atoms with van der Waals surface area (Å²) in [6.07, 6.45) is 2.12. The molecule has 0 unspecified atom stereocenters. The van der Waals surface area contributed by atoms with E-state index in [0.717, 1.165) is 30.0 Å². The highest BCUT2D eigenvalue weighted by molar-refractivity contribution is 7.07. The van der Waals surface area contributed by atoms with Crippen LogP contribution in [0.3, 0.4) is 0 Å². The van der Waals surface area contributed by atoms with Gasteiger partial charge in [-0.1, -0.05) is 48.5 Å². The summed E-state index contributed by atoms with van der Waals surface area (Å²) in [6.45, 7) is 1.65. The van der Waals surface area contributed by atoms with Crippen LogP contribution in [0.1, 0.15) is 11.1 Å². The third-order valence-electron chi connectivity index (χ3n) is 4.08. The molecular formula is C21H19N3S. The van der Waals surface area contributed by atoms with Crippen molar-refractivity contribution in [2.75, 3.05) is 0 Å². The van der Waals surface area contributed by atoms with Crippen LogP contribution in [0.25, 0.3) is 16.9 Å². The molecule has 2 aromatic carbocycles. The normalized spacial score (nSPS) is 10.9. The van der Waals surface area contributed by atoms with Crippen molar-refractivity contribution < 1.29 is 0 Å². The molecule has 4 heteroatoms. The van der Waals surface area contributed by atoms with Gasteiger partial charge in [-0.15, -0.1) is 0 Å². The van der Waals surface area contributed by atoms with Gasteiger partial charge in [-0.3, -0.25) is 0 Å². The molecule has 0 spiro atoms. The van der Waals surface area contributed by atoms with Crippen molar-refractivity contribution in [2.24, 2.45) is 0 Å². The molecule has 4 rings (SSSR count). The van der Waals surface area contributed by atoms with E-state index in [1.807, 2.05) is 28.9 Å². The van der Waals surface area contributed by atoms with Crippen molar-refractivity contribution in [1.29, 1.82) is 0 Å². The number of hydrogen-bond donors (Lipinski definition) is 1. The SMILES string of the molecule is c1ccc(-c2nn(-c3ccccc3)cc2CNCc2ccsc2)cc1. The molecule has 0 saturated heterocycles. The van der Waals surface area contributed by atoms with Crippen LogP contribution in [0.2, 0.25) is 0 Å². The largest absolute Gasteiger partial charge is 0.308 e. The lowest BCUT2D eigenvalue weighted by Crippen LogP contribution is -2.12. The number of rotatable bonds is 6. The third-order valence-corrected chi connectivity index (χ3v) is 4.81. The summed E-state index contributed by atoms with van der Waals surface area (Å²) < 4.78 is 1.96. The molecule has 1 N–H and O–H groups in total. The van der Waals surface area contributed by atoms with E-state index < -0.39 is 0 Å². The number of nitrogens with one attached hydrogen (secondary N) is 1. The van der Waals surface area contributed by atoms with E-state index in [4.69, 9.17) is 5.10 Å². The van der Waals surface area contributed by atoms with Crippen LogP contribution in [0, 0.1) is 0 Å². The summed E-state index contributed by atoms with van der Waals surface area (Å²) in [5, 5.41) is 12.7. The van der Waals surface area contributed by atoms with E-state index in [1.165, 1.54) is 11.1 Å². The molecule has 0 aliphatic carbocycles. The standard InChI is InChI=1S/C21H19N3S/c1-3-7-18(8-4-1)21-19(14-22-13-17-11-12-25-16-17)15-24(23-21)20-9-5-2-6-10-20/h1-12,15-16,22H,13-14H2. The van der Waals surface area contributed by atoms with Gasteiger partial charge in [-0.2, -0.15) is 16.4 Å². The maximum absolute atomic E-state index is 4.85. The van der Waals surface area contributed by atoms with Gasteiger partial charge < -0.3 is 5.32 Å². The Bertz CT molecular complexity index is 912. The molecule has 4 aromatic rings. The summed E-state index contributed by atoms with van der Waals surface area (Å²) in [5.41, 5.74) is 5.77. The van der Waals surface area contributed by atoms with Crippen LogP contribution < -0.4 is 5.32 Å². The van der Waals surface area contributed by atoms with Crippen LogP contribution in [0.15, 0.2) is 83.7 Å². The molecule has 0 atom stereocenters. The van der Waals surface area contributed by atoms with E-state index in [9.17, 15) is 0 Å². The second-order valence-electron chi connectivity index (χ2n) is 5.88. The molecule has 124 valence electrons. The molecule has 25 heavy (non-hydrogen) atoms. The molecule has 0 radical (unpaired) electrons. The first kappa shape index (κ1) is 15.8. The molecule has 0 aliphatic rings. The Hall–Kier alpha value is -2.69. The summed E-state index contributed by atoms with van der Waals surface area (Å²) in [5.74, 6) is 0. The Morgan fingerprint density at radius 2 is 1.64 bits per heavy atom. The van der Waals surface area contributed by atoms with E-state index in [2.05, 4.69) is 64.7 Å². The number of para-hydroxylation sites is 1. The summed E-state index contributed by atoms with van der Waals surface area (Å²) in [4.78, 5) is 0. The predicted molar refractivity (Wildman–Crippen MR) is 104 cm³/mol. The first-order chi connectivity index (χ1) is 12.4. The van der Waals surface area contributed by atoms with Crippen molar-refractivity contribution in [3.63, 3.8) is 0 Å². The molecule has 0 fully saturated rings. The zero-order valence-corrected chi connectivity index (χ0v) is 14.6. The number of benzene rings is 2. The van der Waals surface area contributed by atoms with Gasteiger partial charge in [0.15, 0.2) is 0 Å². The third kappa shape index (κ3) is 3.71. The lowest BCUT2D eigenvalue weighted by molar-refractivity contribution is 0.695. The van der Waals surface area contributed by atoms with Crippen LogP contribution in [-0.2, 0) is 13.1 Å². The quantitative estimate of drug-likeness (QED) is 0.539. The van der Waals surface area contributed by atoms with Crippen LogP contribution >= 0.6 is 11.3 Å². The lowest BCUT2D eigenvalue weighted by Gasteiger charge is -2.04. The van der Waals surface area contributed by atoms with Crippen molar-refractivity contribution in [3.05, 3.63) is 94.8 Å². The second kappa shape index (κ2) is 7.47. The van der Waals surface area contributed by atoms with Gasteiger partial charge in [0.25, 0.3) is 0 Å². The highest BCUT2D eigenvalue weighted by Gasteiger charge is 2.11. The average molecular weight is 345 g/mol.